The molecule has 1 amide bonds. The summed E-state index contributed by atoms with van der Waals surface area (Å²) in [7, 11) is 0. The van der Waals surface area contributed by atoms with Crippen LogP contribution < -0.4 is 11.1 Å². The van der Waals surface area contributed by atoms with E-state index >= 15 is 0 Å². The minimum atomic E-state index is -0.628. The molecule has 1 unspecified atom stereocenters. The molecule has 7 nitrogen and oxygen atoms in total. The van der Waals surface area contributed by atoms with Crippen molar-refractivity contribution in [3.8, 4) is 16.9 Å². The zero-order valence-corrected chi connectivity index (χ0v) is 16.0. The van der Waals surface area contributed by atoms with E-state index in [9.17, 15) is 9.90 Å². The first-order valence-electron chi connectivity index (χ1n) is 8.56. The zero-order valence-electron chi connectivity index (χ0n) is 14.4. The van der Waals surface area contributed by atoms with Gasteiger partial charge in [0.05, 0.1) is 10.5 Å². The number of aromatic hydroxyl groups is 1. The van der Waals surface area contributed by atoms with E-state index in [-0.39, 0.29) is 17.5 Å². The Morgan fingerprint density at radius 3 is 2.79 bits per heavy atom. The van der Waals surface area contributed by atoms with Gasteiger partial charge in [-0.1, -0.05) is 24.3 Å². The Bertz CT molecular complexity index is 1270. The summed E-state index contributed by atoms with van der Waals surface area (Å²) in [4.78, 5) is 15.2. The van der Waals surface area contributed by atoms with Gasteiger partial charge in [-0.2, -0.15) is 0 Å². The van der Waals surface area contributed by atoms with E-state index in [0.717, 1.165) is 27.8 Å². The summed E-state index contributed by atoms with van der Waals surface area (Å²) in [5.41, 5.74) is 10.5. The van der Waals surface area contributed by atoms with E-state index in [4.69, 9.17) is 5.73 Å². The highest BCUT2D eigenvalue weighted by molar-refractivity contribution is 9.10. The van der Waals surface area contributed by atoms with Gasteiger partial charge in [0.15, 0.2) is 11.3 Å². The Morgan fingerprint density at radius 1 is 1.18 bits per heavy atom. The number of amides is 1. The van der Waals surface area contributed by atoms with Crippen LogP contribution >= 0.6 is 15.9 Å². The largest absolute Gasteiger partial charge is 0.507 e. The molecule has 0 aliphatic carbocycles. The molecule has 0 radical (unpaired) electrons. The quantitative estimate of drug-likeness (QED) is 0.382. The molecule has 5 N–H and O–H groups in total. The number of H-pyrrole nitrogens is 1. The highest BCUT2D eigenvalue weighted by Gasteiger charge is 2.29. The van der Waals surface area contributed by atoms with Gasteiger partial charge in [-0.05, 0) is 39.7 Å². The minimum absolute atomic E-state index is 0.134. The number of anilines is 1. The van der Waals surface area contributed by atoms with E-state index in [2.05, 4.69) is 36.4 Å². The Labute approximate surface area is 167 Å². The van der Waals surface area contributed by atoms with Crippen molar-refractivity contribution in [2.24, 2.45) is 5.73 Å². The van der Waals surface area contributed by atoms with E-state index in [1.807, 2.05) is 42.6 Å². The fourth-order valence-corrected chi connectivity index (χ4v) is 4.12. The van der Waals surface area contributed by atoms with Crippen LogP contribution in [0, 0.1) is 0 Å². The number of aromatic amines is 1. The fourth-order valence-electron chi connectivity index (χ4n) is 3.73. The molecule has 138 valence electrons. The lowest BCUT2D eigenvalue weighted by atomic mass is 9.95. The van der Waals surface area contributed by atoms with Crippen molar-refractivity contribution < 1.29 is 9.90 Å². The van der Waals surface area contributed by atoms with Crippen LogP contribution in [0.1, 0.15) is 27.7 Å². The number of phenols is 1. The van der Waals surface area contributed by atoms with Gasteiger partial charge < -0.3 is 21.1 Å². The Hall–Kier alpha value is -3.39. The van der Waals surface area contributed by atoms with Crippen LogP contribution in [0.2, 0.25) is 0 Å². The number of hydrogen-bond donors (Lipinski definition) is 4. The molecule has 1 aliphatic heterocycles. The SMILES string of the molecule is NC(=O)c1nnc2[nH]cc3c2c1-c1ccccc1NC3c1ccc(O)c(Br)c1. The second kappa shape index (κ2) is 6.07. The van der Waals surface area contributed by atoms with Crippen molar-refractivity contribution >= 4 is 38.6 Å². The zero-order chi connectivity index (χ0) is 19.4. The molecule has 0 fully saturated rings. The number of fused-ring (bicyclic) bond motifs is 2. The minimum Gasteiger partial charge on any atom is -0.507 e. The first-order valence-corrected chi connectivity index (χ1v) is 9.35. The van der Waals surface area contributed by atoms with Gasteiger partial charge in [0, 0.05) is 34.0 Å². The van der Waals surface area contributed by atoms with Crippen LogP contribution in [0.4, 0.5) is 5.69 Å². The molecule has 28 heavy (non-hydrogen) atoms. The molecule has 4 aromatic rings. The third kappa shape index (κ3) is 2.38. The summed E-state index contributed by atoms with van der Waals surface area (Å²) >= 11 is 3.38. The summed E-state index contributed by atoms with van der Waals surface area (Å²) < 4.78 is 0.599. The number of carbonyl (C=O) groups excluding carboxylic acids is 1. The molecule has 0 saturated heterocycles. The average Bonchev–Trinajstić information content (AvgIpc) is 3.05. The molecular weight excluding hydrogens is 422 g/mol. The normalized spacial score (nSPS) is 15.0. The molecule has 1 atom stereocenters. The summed E-state index contributed by atoms with van der Waals surface area (Å²) in [5, 5.41) is 22.5. The summed E-state index contributed by atoms with van der Waals surface area (Å²) in [6.07, 6.45) is 1.86. The van der Waals surface area contributed by atoms with Gasteiger partial charge in [-0.3, -0.25) is 4.79 Å². The monoisotopic (exact) mass is 435 g/mol. The molecule has 8 heteroatoms. The number of rotatable bonds is 2. The number of carbonyl (C=O) groups is 1. The van der Waals surface area contributed by atoms with Gasteiger partial charge in [0.1, 0.15) is 5.75 Å². The van der Waals surface area contributed by atoms with Crippen molar-refractivity contribution in [2.75, 3.05) is 5.32 Å². The molecule has 5 rings (SSSR count). The second-order valence-electron chi connectivity index (χ2n) is 6.59. The number of phenolic OH excluding ortho intramolecular Hbond substituents is 1. The standard InChI is InChI=1S/C20H14BrN5O2/c21-12-7-9(5-6-14(12)27)17-11-8-23-20-16(11)15(18(19(22)28)25-26-20)10-3-1-2-4-13(10)24-17/h1-8,17,24,27H,(H2,22,28)(H,23,26). The molecular formula is C20H14BrN5O2. The van der Waals surface area contributed by atoms with Crippen LogP contribution in [0.3, 0.4) is 0 Å². The van der Waals surface area contributed by atoms with Crippen LogP contribution in [0.15, 0.2) is 53.1 Å². The topological polar surface area (TPSA) is 117 Å². The number of benzene rings is 2. The van der Waals surface area contributed by atoms with Gasteiger partial charge in [-0.15, -0.1) is 10.2 Å². The number of primary amides is 1. The van der Waals surface area contributed by atoms with Crippen molar-refractivity contribution in [2.45, 2.75) is 6.04 Å². The van der Waals surface area contributed by atoms with E-state index in [0.29, 0.717) is 15.7 Å². The van der Waals surface area contributed by atoms with Gasteiger partial charge in [0.25, 0.3) is 5.91 Å². The first kappa shape index (κ1) is 16.8. The third-order valence-electron chi connectivity index (χ3n) is 4.97. The van der Waals surface area contributed by atoms with Gasteiger partial charge >= 0.3 is 0 Å². The van der Waals surface area contributed by atoms with E-state index in [1.54, 1.807) is 6.07 Å². The molecule has 2 aromatic heterocycles. The lowest BCUT2D eigenvalue weighted by Gasteiger charge is -2.20. The first-order chi connectivity index (χ1) is 13.5. The summed E-state index contributed by atoms with van der Waals surface area (Å²) in [5.74, 6) is -0.462. The fraction of sp³-hybridized carbons (Fsp3) is 0.0500. The highest BCUT2D eigenvalue weighted by atomic mass is 79.9. The smallest absolute Gasteiger partial charge is 0.269 e. The van der Waals surface area contributed by atoms with Crippen LogP contribution in [-0.2, 0) is 0 Å². The van der Waals surface area contributed by atoms with Crippen molar-refractivity contribution in [3.05, 3.63) is 70.0 Å². The molecule has 0 spiro atoms. The molecule has 0 saturated carbocycles. The molecule has 3 heterocycles. The molecule has 2 aromatic carbocycles. The van der Waals surface area contributed by atoms with E-state index in [1.165, 1.54) is 0 Å². The molecule has 0 bridgehead atoms. The number of nitrogens with two attached hydrogens (primary N) is 1. The highest BCUT2D eigenvalue weighted by Crippen LogP contribution is 2.45. The lowest BCUT2D eigenvalue weighted by molar-refractivity contribution is 0.0995. The third-order valence-corrected chi connectivity index (χ3v) is 5.61. The average molecular weight is 436 g/mol. The maximum absolute atomic E-state index is 12.1. The number of para-hydroxylation sites is 1. The number of halogens is 1. The van der Waals surface area contributed by atoms with Gasteiger partial charge in [-0.25, -0.2) is 0 Å². The number of aromatic nitrogens is 3. The Kier molecular flexibility index (Phi) is 3.63. The number of nitrogens with zero attached hydrogens (tertiary/aromatic N) is 2. The summed E-state index contributed by atoms with van der Waals surface area (Å²) in [6.45, 7) is 0. The van der Waals surface area contributed by atoms with Crippen LogP contribution in [0.25, 0.3) is 22.2 Å². The lowest BCUT2D eigenvalue weighted by Crippen LogP contribution is -2.15. The Morgan fingerprint density at radius 2 is 2.00 bits per heavy atom. The van der Waals surface area contributed by atoms with Crippen molar-refractivity contribution in [3.63, 3.8) is 0 Å². The maximum atomic E-state index is 12.1. The summed E-state index contributed by atoms with van der Waals surface area (Å²) in [6, 6.07) is 12.8. The Balaban J connectivity index is 1.88. The number of nitrogens with one attached hydrogen (secondary N) is 2. The number of hydrogen-bond acceptors (Lipinski definition) is 5. The van der Waals surface area contributed by atoms with Crippen LogP contribution in [0.5, 0.6) is 5.75 Å². The maximum Gasteiger partial charge on any atom is 0.269 e. The predicted octanol–water partition coefficient (Wildman–Crippen LogP) is 3.71. The van der Waals surface area contributed by atoms with Crippen LogP contribution in [-0.4, -0.2) is 26.2 Å². The molecule has 1 aliphatic rings. The van der Waals surface area contributed by atoms with Crippen molar-refractivity contribution in [1.29, 1.82) is 0 Å². The van der Waals surface area contributed by atoms with E-state index < -0.39 is 5.91 Å². The second-order valence-corrected chi connectivity index (χ2v) is 7.44. The predicted molar refractivity (Wildman–Crippen MR) is 109 cm³/mol. The van der Waals surface area contributed by atoms with Crippen molar-refractivity contribution in [1.82, 2.24) is 15.2 Å². The van der Waals surface area contributed by atoms with Gasteiger partial charge in [0.2, 0.25) is 0 Å².